The van der Waals surface area contributed by atoms with E-state index in [-0.39, 0.29) is 0 Å². The third kappa shape index (κ3) is 1.47. The van der Waals surface area contributed by atoms with E-state index in [0.717, 1.165) is 0 Å². The molecule has 0 unspecified atom stereocenters. The van der Waals surface area contributed by atoms with Crippen molar-refractivity contribution >= 4 is 11.6 Å². The highest BCUT2D eigenvalue weighted by Gasteiger charge is 2.29. The van der Waals surface area contributed by atoms with Crippen molar-refractivity contribution in [1.82, 2.24) is 4.98 Å². The summed E-state index contributed by atoms with van der Waals surface area (Å²) in [6.07, 6.45) is 1.28. The molecule has 0 saturated heterocycles. The van der Waals surface area contributed by atoms with Crippen LogP contribution in [0.4, 0.5) is 11.6 Å². The van der Waals surface area contributed by atoms with Crippen molar-refractivity contribution in [3.63, 3.8) is 0 Å². The lowest BCUT2D eigenvalue weighted by Gasteiger charge is -1.94. The van der Waals surface area contributed by atoms with Crippen LogP contribution in [-0.2, 0) is 0 Å². The maximum absolute atomic E-state index is 10.8. The van der Waals surface area contributed by atoms with E-state index in [1.54, 1.807) is 0 Å². The SMILES string of the molecule is O=[N+]([O-])c1cncc([N+](=O)[O-])[n+]1[O-]. The number of aromatic nitrogens is 2. The molecular weight excluding hydrogens is 184 g/mol. The fraction of sp³-hybridized carbons (Fsp3) is 0. The molecule has 68 valence electrons. The van der Waals surface area contributed by atoms with Gasteiger partial charge in [-0.2, -0.15) is 0 Å². The third-order valence-electron chi connectivity index (χ3n) is 1.17. The minimum Gasteiger partial charge on any atom is -0.609 e. The summed E-state index contributed by atoms with van der Waals surface area (Å²) in [5.41, 5.74) is 0. The van der Waals surface area contributed by atoms with E-state index in [0.29, 0.717) is 12.4 Å². The third-order valence-corrected chi connectivity index (χ3v) is 1.17. The van der Waals surface area contributed by atoms with E-state index in [9.17, 15) is 25.4 Å². The topological polar surface area (TPSA) is 126 Å². The van der Waals surface area contributed by atoms with Crippen molar-refractivity contribution in [3.8, 4) is 0 Å². The van der Waals surface area contributed by atoms with Gasteiger partial charge < -0.3 is 5.21 Å². The number of hydrogen-bond donors (Lipinski definition) is 0. The molecule has 13 heavy (non-hydrogen) atoms. The molecule has 1 aromatic heterocycles. The summed E-state index contributed by atoms with van der Waals surface area (Å²) < 4.78 is -0.396. The van der Waals surface area contributed by atoms with E-state index >= 15 is 0 Å². The summed E-state index contributed by atoms with van der Waals surface area (Å²) in [5.74, 6) is -1.96. The largest absolute Gasteiger partial charge is 0.609 e. The van der Waals surface area contributed by atoms with Gasteiger partial charge in [0.15, 0.2) is 12.4 Å². The lowest BCUT2D eigenvalue weighted by Crippen LogP contribution is -2.33. The first-order chi connectivity index (χ1) is 6.04. The van der Waals surface area contributed by atoms with Crippen molar-refractivity contribution in [2.45, 2.75) is 0 Å². The molecule has 0 bridgehead atoms. The Balaban J connectivity index is 3.35. The fourth-order valence-corrected chi connectivity index (χ4v) is 0.635. The van der Waals surface area contributed by atoms with Crippen molar-refractivity contribution in [2.75, 3.05) is 0 Å². The second kappa shape index (κ2) is 2.97. The van der Waals surface area contributed by atoms with Crippen LogP contribution in [0.1, 0.15) is 0 Å². The Labute approximate surface area is 70.1 Å². The van der Waals surface area contributed by atoms with Gasteiger partial charge in [-0.05, 0) is 4.73 Å². The van der Waals surface area contributed by atoms with Crippen LogP contribution in [0.3, 0.4) is 0 Å². The predicted molar refractivity (Wildman–Crippen MR) is 36.5 cm³/mol. The summed E-state index contributed by atoms with van der Waals surface area (Å²) in [5, 5.41) is 31.1. The maximum Gasteiger partial charge on any atom is 0.536 e. The summed E-state index contributed by atoms with van der Waals surface area (Å²) >= 11 is 0. The quantitative estimate of drug-likeness (QED) is 0.266. The highest BCUT2D eigenvalue weighted by atomic mass is 16.6. The zero-order chi connectivity index (χ0) is 10.0. The Bertz CT molecular complexity index is 345. The number of nitro groups is 2. The van der Waals surface area contributed by atoms with Crippen molar-refractivity contribution in [2.24, 2.45) is 0 Å². The zero-order valence-electron chi connectivity index (χ0n) is 5.98. The molecule has 0 aliphatic carbocycles. The van der Waals surface area contributed by atoms with Gasteiger partial charge in [0.25, 0.3) is 0 Å². The molecular formula is C4H2N4O5. The Kier molecular flexibility index (Phi) is 2.00. The molecule has 0 aliphatic heterocycles. The van der Waals surface area contributed by atoms with Crippen LogP contribution in [0, 0.1) is 25.4 Å². The van der Waals surface area contributed by atoms with Crippen LogP contribution in [0.2, 0.25) is 0 Å². The average molecular weight is 186 g/mol. The number of rotatable bonds is 2. The normalized spacial score (nSPS) is 9.54. The lowest BCUT2D eigenvalue weighted by molar-refractivity contribution is -0.703. The van der Waals surface area contributed by atoms with Crippen LogP contribution in [0.5, 0.6) is 0 Å². The summed E-state index contributed by atoms with van der Waals surface area (Å²) in [4.78, 5) is 21.3. The molecule has 9 nitrogen and oxygen atoms in total. The van der Waals surface area contributed by atoms with E-state index in [1.165, 1.54) is 0 Å². The second-order valence-corrected chi connectivity index (χ2v) is 1.93. The molecule has 9 heteroatoms. The van der Waals surface area contributed by atoms with Gasteiger partial charge >= 0.3 is 11.6 Å². The maximum atomic E-state index is 10.8. The Hall–Kier alpha value is -2.32. The van der Waals surface area contributed by atoms with Gasteiger partial charge in [0.05, 0.1) is 0 Å². The highest BCUT2D eigenvalue weighted by Crippen LogP contribution is 2.07. The molecule has 0 fully saturated rings. The van der Waals surface area contributed by atoms with Gasteiger partial charge in [-0.3, -0.25) is 20.2 Å². The molecule has 0 amide bonds. The van der Waals surface area contributed by atoms with Gasteiger partial charge in [-0.15, -0.1) is 0 Å². The molecule has 0 saturated carbocycles. The molecule has 1 aromatic rings. The molecule has 0 aromatic carbocycles. The van der Waals surface area contributed by atoms with Gasteiger partial charge in [0, 0.05) is 0 Å². The zero-order valence-corrected chi connectivity index (χ0v) is 5.98. The van der Waals surface area contributed by atoms with Crippen LogP contribution >= 0.6 is 0 Å². The van der Waals surface area contributed by atoms with Gasteiger partial charge in [0.1, 0.15) is 9.85 Å². The van der Waals surface area contributed by atoms with Gasteiger partial charge in [-0.25, -0.2) is 4.98 Å². The van der Waals surface area contributed by atoms with Gasteiger partial charge in [-0.1, -0.05) is 0 Å². The second-order valence-electron chi connectivity index (χ2n) is 1.93. The molecule has 1 heterocycles. The van der Waals surface area contributed by atoms with E-state index in [1.807, 2.05) is 0 Å². The van der Waals surface area contributed by atoms with Crippen LogP contribution in [-0.4, -0.2) is 14.8 Å². The number of nitrogens with zero attached hydrogens (tertiary/aromatic N) is 4. The Morgan fingerprint density at radius 3 is 1.85 bits per heavy atom. The van der Waals surface area contributed by atoms with Gasteiger partial charge in [0.2, 0.25) is 0 Å². The first-order valence-electron chi connectivity index (χ1n) is 2.90. The van der Waals surface area contributed by atoms with E-state index in [4.69, 9.17) is 0 Å². The Morgan fingerprint density at radius 2 is 1.54 bits per heavy atom. The Morgan fingerprint density at radius 1 is 1.15 bits per heavy atom. The molecule has 0 N–H and O–H groups in total. The molecule has 0 atom stereocenters. The minimum atomic E-state index is -1.05. The van der Waals surface area contributed by atoms with Crippen molar-refractivity contribution in [1.29, 1.82) is 0 Å². The van der Waals surface area contributed by atoms with Crippen molar-refractivity contribution in [3.05, 3.63) is 37.8 Å². The molecule has 0 aliphatic rings. The van der Waals surface area contributed by atoms with E-state index in [2.05, 4.69) is 4.98 Å². The number of hydrogen-bond acceptors (Lipinski definition) is 6. The van der Waals surface area contributed by atoms with E-state index < -0.39 is 26.2 Å². The van der Waals surface area contributed by atoms with Crippen molar-refractivity contribution < 1.29 is 14.6 Å². The summed E-state index contributed by atoms with van der Waals surface area (Å²) in [6.45, 7) is 0. The molecule has 0 spiro atoms. The van der Waals surface area contributed by atoms with Crippen LogP contribution in [0.25, 0.3) is 0 Å². The average Bonchev–Trinajstić information content (AvgIpc) is 2.03. The molecule has 1 rings (SSSR count). The predicted octanol–water partition coefficient (Wildman–Crippen LogP) is -0.469. The first kappa shape index (κ1) is 8.77. The smallest absolute Gasteiger partial charge is 0.536 e. The minimum absolute atomic E-state index is 0.396. The van der Waals surface area contributed by atoms with Crippen LogP contribution < -0.4 is 4.73 Å². The highest BCUT2D eigenvalue weighted by molar-refractivity contribution is 5.12. The monoisotopic (exact) mass is 186 g/mol. The standard InChI is InChI=1S/C4H2N4O5/c9-6-3(7(10)11)1-5-2-4(6)8(12)13/h1-2H. The lowest BCUT2D eigenvalue weighted by atomic mass is 10.6. The summed E-state index contributed by atoms with van der Waals surface area (Å²) in [6, 6.07) is 0. The molecule has 0 radical (unpaired) electrons. The van der Waals surface area contributed by atoms with Crippen LogP contribution in [0.15, 0.2) is 12.4 Å². The fourth-order valence-electron chi connectivity index (χ4n) is 0.635. The summed E-state index contributed by atoms with van der Waals surface area (Å²) in [7, 11) is 0. The first-order valence-corrected chi connectivity index (χ1v) is 2.90.